The van der Waals surface area contributed by atoms with Crippen molar-refractivity contribution < 1.29 is 24.6 Å². The van der Waals surface area contributed by atoms with Gasteiger partial charge in [-0.15, -0.1) is 11.3 Å². The number of halogens is 1. The number of aromatic hydroxyl groups is 1. The van der Waals surface area contributed by atoms with Gasteiger partial charge in [-0.1, -0.05) is 41.9 Å². The number of carboxylic acids is 1. The first-order chi connectivity index (χ1) is 13.9. The molecule has 4 N–H and O–H groups in total. The molecule has 2 amide bonds. The summed E-state index contributed by atoms with van der Waals surface area (Å²) >= 11 is 6.76. The summed E-state index contributed by atoms with van der Waals surface area (Å²) in [5, 5.41) is 23.8. The van der Waals surface area contributed by atoms with Crippen LogP contribution in [0.1, 0.15) is 31.6 Å². The molecule has 0 unspecified atom stereocenters. The molecule has 0 aliphatic heterocycles. The van der Waals surface area contributed by atoms with Crippen LogP contribution in [0.3, 0.4) is 0 Å². The lowest BCUT2D eigenvalue weighted by molar-refractivity contribution is -0.139. The van der Waals surface area contributed by atoms with E-state index in [4.69, 9.17) is 11.6 Å². The predicted octanol–water partition coefficient (Wildman–Crippen LogP) is 3.31. The van der Waals surface area contributed by atoms with Gasteiger partial charge in [0.15, 0.2) is 11.9 Å². The molecular formula is C19H14ClN3O5S. The number of amides is 2. The maximum atomic E-state index is 12.6. The van der Waals surface area contributed by atoms with Crippen molar-refractivity contribution in [1.29, 1.82) is 0 Å². The van der Waals surface area contributed by atoms with E-state index in [0.29, 0.717) is 5.56 Å². The molecule has 0 spiro atoms. The van der Waals surface area contributed by atoms with E-state index in [1.54, 1.807) is 30.3 Å². The zero-order valence-corrected chi connectivity index (χ0v) is 16.2. The quantitative estimate of drug-likeness (QED) is 0.474. The van der Waals surface area contributed by atoms with Gasteiger partial charge in [0.2, 0.25) is 0 Å². The Labute approximate surface area is 173 Å². The molecule has 0 saturated carbocycles. The van der Waals surface area contributed by atoms with E-state index in [9.17, 15) is 24.6 Å². The molecule has 0 fully saturated rings. The zero-order chi connectivity index (χ0) is 21.0. The van der Waals surface area contributed by atoms with E-state index in [2.05, 4.69) is 15.6 Å². The van der Waals surface area contributed by atoms with Crippen molar-refractivity contribution in [2.75, 3.05) is 5.32 Å². The number of thiazole rings is 1. The van der Waals surface area contributed by atoms with Crippen LogP contribution in [0.25, 0.3) is 0 Å². The summed E-state index contributed by atoms with van der Waals surface area (Å²) in [6.45, 7) is 0. The molecule has 0 saturated heterocycles. The maximum Gasteiger partial charge on any atom is 0.330 e. The monoisotopic (exact) mass is 431 g/mol. The fraction of sp³-hybridized carbons (Fsp3) is 0.0526. The molecule has 8 nitrogen and oxygen atoms in total. The topological polar surface area (TPSA) is 129 Å². The molecule has 1 aromatic heterocycles. The Morgan fingerprint density at radius 3 is 2.45 bits per heavy atom. The Hall–Kier alpha value is -3.43. The lowest BCUT2D eigenvalue weighted by atomic mass is 10.1. The van der Waals surface area contributed by atoms with Crippen LogP contribution in [0.5, 0.6) is 5.75 Å². The van der Waals surface area contributed by atoms with Crippen molar-refractivity contribution in [2.45, 2.75) is 6.04 Å². The van der Waals surface area contributed by atoms with Crippen molar-refractivity contribution >= 4 is 46.5 Å². The van der Waals surface area contributed by atoms with E-state index < -0.39 is 23.8 Å². The molecule has 0 radical (unpaired) electrons. The third-order valence-electron chi connectivity index (χ3n) is 3.87. The Morgan fingerprint density at radius 1 is 1.07 bits per heavy atom. The van der Waals surface area contributed by atoms with Crippen LogP contribution < -0.4 is 10.6 Å². The first-order valence-electron chi connectivity index (χ1n) is 8.18. The average Bonchev–Trinajstić information content (AvgIpc) is 3.16. The molecule has 29 heavy (non-hydrogen) atoms. The van der Waals surface area contributed by atoms with Crippen molar-refractivity contribution in [3.63, 3.8) is 0 Å². The Kier molecular flexibility index (Phi) is 6.10. The van der Waals surface area contributed by atoms with Crippen LogP contribution in [0, 0.1) is 0 Å². The minimum Gasteiger partial charge on any atom is -0.506 e. The van der Waals surface area contributed by atoms with Crippen molar-refractivity contribution in [2.24, 2.45) is 0 Å². The molecule has 3 aromatic rings. The van der Waals surface area contributed by atoms with E-state index >= 15 is 0 Å². The number of carboxylic acid groups (broad SMARTS) is 1. The Morgan fingerprint density at radius 2 is 1.79 bits per heavy atom. The van der Waals surface area contributed by atoms with Crippen LogP contribution in [0.15, 0.2) is 54.0 Å². The molecule has 1 heterocycles. The molecule has 0 aliphatic rings. The summed E-state index contributed by atoms with van der Waals surface area (Å²) < 4.78 is 0. The van der Waals surface area contributed by atoms with E-state index in [1.165, 1.54) is 23.7 Å². The van der Waals surface area contributed by atoms with Crippen molar-refractivity contribution in [3.05, 3.63) is 75.1 Å². The first kappa shape index (κ1) is 20.3. The number of nitrogens with zero attached hydrogens (tertiary/aromatic N) is 1. The van der Waals surface area contributed by atoms with Crippen LogP contribution in [0.2, 0.25) is 5.02 Å². The summed E-state index contributed by atoms with van der Waals surface area (Å²) in [5.74, 6) is -2.69. The fourth-order valence-corrected chi connectivity index (χ4v) is 3.28. The fourth-order valence-electron chi connectivity index (χ4n) is 2.45. The van der Waals surface area contributed by atoms with Crippen LogP contribution >= 0.6 is 22.9 Å². The van der Waals surface area contributed by atoms with Gasteiger partial charge in [-0.2, -0.15) is 0 Å². The van der Waals surface area contributed by atoms with Crippen LogP contribution in [0.4, 0.5) is 5.82 Å². The van der Waals surface area contributed by atoms with Gasteiger partial charge in [0.25, 0.3) is 11.8 Å². The highest BCUT2D eigenvalue weighted by molar-refractivity contribution is 7.12. The summed E-state index contributed by atoms with van der Waals surface area (Å²) in [4.78, 5) is 40.6. The number of rotatable bonds is 6. The molecule has 148 valence electrons. The number of carbonyl (C=O) groups is 3. The lowest BCUT2D eigenvalue weighted by Gasteiger charge is -2.14. The number of benzene rings is 2. The molecule has 10 heteroatoms. The summed E-state index contributed by atoms with van der Waals surface area (Å²) in [5.41, 5.74) is 1.91. The highest BCUT2D eigenvalue weighted by Gasteiger charge is 2.25. The van der Waals surface area contributed by atoms with Crippen molar-refractivity contribution in [3.8, 4) is 5.75 Å². The SMILES string of the molecule is O=C(Nc1ncsc1C(=O)N[C@H](C(=O)O)c1ccccc1)c1ccc(O)c(Cl)c1. The number of aliphatic carboxylic acids is 1. The van der Waals surface area contributed by atoms with Crippen LogP contribution in [-0.4, -0.2) is 33.0 Å². The minimum atomic E-state index is -1.26. The molecular weight excluding hydrogens is 418 g/mol. The van der Waals surface area contributed by atoms with E-state index in [0.717, 1.165) is 11.3 Å². The smallest absolute Gasteiger partial charge is 0.330 e. The Bertz CT molecular complexity index is 1070. The number of anilines is 1. The highest BCUT2D eigenvalue weighted by atomic mass is 35.5. The molecule has 1 atom stereocenters. The highest BCUT2D eigenvalue weighted by Crippen LogP contribution is 2.25. The number of hydrogen-bond donors (Lipinski definition) is 4. The summed E-state index contributed by atoms with van der Waals surface area (Å²) in [6.07, 6.45) is 0. The number of hydrogen-bond acceptors (Lipinski definition) is 6. The zero-order valence-electron chi connectivity index (χ0n) is 14.6. The largest absolute Gasteiger partial charge is 0.506 e. The lowest BCUT2D eigenvalue weighted by Crippen LogP contribution is -2.33. The minimum absolute atomic E-state index is 0.000977. The predicted molar refractivity (Wildman–Crippen MR) is 107 cm³/mol. The standard InChI is InChI=1S/C19H14ClN3O5S/c20-12-8-11(6-7-13(12)24)17(25)23-16-15(29-9-21-16)18(26)22-14(19(27)28)10-4-2-1-3-5-10/h1-9,14,24H,(H,22,26)(H,23,25)(H,27,28)/t14-/m0/s1. The van der Waals surface area contributed by atoms with Gasteiger partial charge in [-0.05, 0) is 23.8 Å². The summed E-state index contributed by atoms with van der Waals surface area (Å²) in [6, 6.07) is 10.9. The molecule has 0 bridgehead atoms. The molecule has 2 aromatic carbocycles. The summed E-state index contributed by atoms with van der Waals surface area (Å²) in [7, 11) is 0. The van der Waals surface area contributed by atoms with Crippen LogP contribution in [-0.2, 0) is 4.79 Å². The van der Waals surface area contributed by atoms with Crippen molar-refractivity contribution in [1.82, 2.24) is 10.3 Å². The number of phenols is 1. The van der Waals surface area contributed by atoms with Gasteiger partial charge in [0, 0.05) is 5.56 Å². The van der Waals surface area contributed by atoms with Gasteiger partial charge in [-0.25, -0.2) is 9.78 Å². The first-order valence-corrected chi connectivity index (χ1v) is 9.44. The third-order valence-corrected chi connectivity index (χ3v) is 5.00. The van der Waals surface area contributed by atoms with E-state index in [1.807, 2.05) is 0 Å². The number of aromatic nitrogens is 1. The number of carbonyl (C=O) groups excluding carboxylic acids is 2. The second-order valence-corrected chi connectivity index (χ2v) is 7.07. The number of phenolic OH excluding ortho intramolecular Hbond substituents is 1. The van der Waals surface area contributed by atoms with Gasteiger partial charge >= 0.3 is 5.97 Å². The third kappa shape index (κ3) is 4.71. The van der Waals surface area contributed by atoms with Gasteiger partial charge in [-0.3, -0.25) is 9.59 Å². The van der Waals surface area contributed by atoms with Gasteiger partial charge in [0.1, 0.15) is 10.6 Å². The second kappa shape index (κ2) is 8.72. The second-order valence-electron chi connectivity index (χ2n) is 5.81. The average molecular weight is 432 g/mol. The number of nitrogens with one attached hydrogen (secondary N) is 2. The Balaban J connectivity index is 1.78. The van der Waals surface area contributed by atoms with E-state index in [-0.39, 0.29) is 27.0 Å². The molecule has 0 aliphatic carbocycles. The van der Waals surface area contributed by atoms with Gasteiger partial charge in [0.05, 0.1) is 10.5 Å². The maximum absolute atomic E-state index is 12.6. The van der Waals surface area contributed by atoms with Gasteiger partial charge < -0.3 is 20.8 Å². The normalized spacial score (nSPS) is 11.5. The molecule has 3 rings (SSSR count).